The van der Waals surface area contributed by atoms with Gasteiger partial charge < -0.3 is 20.7 Å². The molecule has 11 nitrogen and oxygen atoms in total. The van der Waals surface area contributed by atoms with E-state index in [1.54, 1.807) is 29.2 Å². The summed E-state index contributed by atoms with van der Waals surface area (Å²) >= 11 is 0. The van der Waals surface area contributed by atoms with E-state index in [1.807, 2.05) is 6.07 Å². The second kappa shape index (κ2) is 11.8. The third kappa shape index (κ3) is 6.42. The lowest BCUT2D eigenvalue weighted by molar-refractivity contribution is -0.384. The van der Waals surface area contributed by atoms with Crippen LogP contribution in [-0.4, -0.2) is 64.9 Å². The number of nitro groups is 1. The van der Waals surface area contributed by atoms with E-state index in [1.165, 1.54) is 24.3 Å². The first-order valence-corrected chi connectivity index (χ1v) is 12.4. The number of hydrogen-bond donors (Lipinski definition) is 2. The first kappa shape index (κ1) is 26.1. The highest BCUT2D eigenvalue weighted by Crippen LogP contribution is 2.30. The van der Waals surface area contributed by atoms with Gasteiger partial charge in [-0.15, -0.1) is 0 Å². The van der Waals surface area contributed by atoms with Gasteiger partial charge in [0.2, 0.25) is 11.8 Å². The summed E-state index contributed by atoms with van der Waals surface area (Å²) in [4.78, 5) is 52.1. The quantitative estimate of drug-likeness (QED) is 0.430. The maximum atomic E-state index is 13.3. The molecule has 11 heteroatoms. The minimum Gasteiger partial charge on any atom is -0.410 e. The summed E-state index contributed by atoms with van der Waals surface area (Å²) < 4.78 is 5.37. The number of hydrogen-bond acceptors (Lipinski definition) is 7. The lowest BCUT2D eigenvalue weighted by atomic mass is 9.82. The number of piperazine rings is 1. The van der Waals surface area contributed by atoms with Gasteiger partial charge in [-0.3, -0.25) is 24.6 Å². The van der Waals surface area contributed by atoms with Crippen LogP contribution in [0.1, 0.15) is 37.3 Å². The number of primary amides is 1. The predicted octanol–water partition coefficient (Wildman–Crippen LogP) is 2.61. The Kier molecular flexibility index (Phi) is 8.34. The van der Waals surface area contributed by atoms with Crippen LogP contribution in [0, 0.1) is 16.0 Å². The molecule has 2 aromatic carbocycles. The largest absolute Gasteiger partial charge is 0.415 e. The summed E-state index contributed by atoms with van der Waals surface area (Å²) in [7, 11) is 0. The standard InChI is InChI=1S/C26H31N5O6/c27-24(32)23(18-6-2-1-3-7-18)28-25(33)21-8-4-5-9-22(21)29-14-16-30(17-15-29)26(34)37-20-12-10-19(11-13-20)31(35)36/h1-3,6-7,10-13,21-23H,4-5,8-9,14-17H2,(H2,27,32)(H,28,33)/t21-,22-,23+/m1/s1. The molecule has 3 amide bonds. The number of benzene rings is 2. The molecule has 1 saturated heterocycles. The Morgan fingerprint density at radius 3 is 2.24 bits per heavy atom. The van der Waals surface area contributed by atoms with Crippen molar-refractivity contribution in [2.75, 3.05) is 26.2 Å². The van der Waals surface area contributed by atoms with Crippen molar-refractivity contribution in [1.82, 2.24) is 15.1 Å². The van der Waals surface area contributed by atoms with Gasteiger partial charge in [0.15, 0.2) is 0 Å². The van der Waals surface area contributed by atoms with Crippen LogP contribution in [0.25, 0.3) is 0 Å². The molecule has 3 N–H and O–H groups in total. The maximum absolute atomic E-state index is 13.3. The molecular weight excluding hydrogens is 478 g/mol. The summed E-state index contributed by atoms with van der Waals surface area (Å²) in [6.07, 6.45) is 3.01. The van der Waals surface area contributed by atoms with Crippen molar-refractivity contribution in [2.24, 2.45) is 11.7 Å². The molecule has 37 heavy (non-hydrogen) atoms. The van der Waals surface area contributed by atoms with E-state index in [-0.39, 0.29) is 29.3 Å². The summed E-state index contributed by atoms with van der Waals surface area (Å²) in [5, 5.41) is 13.7. The molecule has 2 aromatic rings. The summed E-state index contributed by atoms with van der Waals surface area (Å²) in [6, 6.07) is 13.4. The van der Waals surface area contributed by atoms with E-state index in [0.29, 0.717) is 31.7 Å². The molecule has 4 rings (SSSR count). The number of amides is 3. The van der Waals surface area contributed by atoms with E-state index in [2.05, 4.69) is 10.2 Å². The highest BCUT2D eigenvalue weighted by molar-refractivity contribution is 5.88. The van der Waals surface area contributed by atoms with Gasteiger partial charge in [0.1, 0.15) is 11.8 Å². The summed E-state index contributed by atoms with van der Waals surface area (Å²) in [6.45, 7) is 2.04. The van der Waals surface area contributed by atoms with Crippen molar-refractivity contribution in [3.8, 4) is 5.75 Å². The Hall–Kier alpha value is -3.99. The van der Waals surface area contributed by atoms with E-state index >= 15 is 0 Å². The third-order valence-electron chi connectivity index (χ3n) is 7.06. The first-order chi connectivity index (χ1) is 17.8. The molecule has 2 fully saturated rings. The predicted molar refractivity (Wildman–Crippen MR) is 135 cm³/mol. The third-order valence-corrected chi connectivity index (χ3v) is 7.06. The fourth-order valence-electron chi connectivity index (χ4n) is 5.11. The van der Waals surface area contributed by atoms with Gasteiger partial charge in [0.05, 0.1) is 10.8 Å². The van der Waals surface area contributed by atoms with Gasteiger partial charge in [0, 0.05) is 44.4 Å². The molecule has 2 aliphatic rings. The number of nitrogens with one attached hydrogen (secondary N) is 1. The van der Waals surface area contributed by atoms with E-state index in [4.69, 9.17) is 10.5 Å². The average Bonchev–Trinajstić information content (AvgIpc) is 2.92. The zero-order valence-corrected chi connectivity index (χ0v) is 20.5. The van der Waals surface area contributed by atoms with Crippen molar-refractivity contribution >= 4 is 23.6 Å². The van der Waals surface area contributed by atoms with Crippen LogP contribution < -0.4 is 15.8 Å². The van der Waals surface area contributed by atoms with E-state index in [0.717, 1.165) is 25.7 Å². The normalized spacial score (nSPS) is 21.0. The number of non-ortho nitro benzene ring substituents is 1. The average molecular weight is 510 g/mol. The lowest BCUT2D eigenvalue weighted by Crippen LogP contribution is -2.57. The molecule has 1 saturated carbocycles. The molecule has 1 aliphatic carbocycles. The molecule has 1 aliphatic heterocycles. The number of nitro benzene ring substituents is 1. The zero-order chi connectivity index (χ0) is 26.4. The molecule has 1 heterocycles. The Bertz CT molecular complexity index is 1120. The molecule has 3 atom stereocenters. The molecule has 0 aromatic heterocycles. The van der Waals surface area contributed by atoms with Crippen LogP contribution in [0.3, 0.4) is 0 Å². The van der Waals surface area contributed by atoms with Crippen molar-refractivity contribution in [2.45, 2.75) is 37.8 Å². The molecule has 0 bridgehead atoms. The number of carbonyl (C=O) groups excluding carboxylic acids is 3. The number of nitrogens with zero attached hydrogens (tertiary/aromatic N) is 3. The maximum Gasteiger partial charge on any atom is 0.415 e. The van der Waals surface area contributed by atoms with Gasteiger partial charge in [0.25, 0.3) is 5.69 Å². The van der Waals surface area contributed by atoms with Crippen molar-refractivity contribution < 1.29 is 24.0 Å². The fraction of sp³-hybridized carbons (Fsp3) is 0.423. The second-order valence-electron chi connectivity index (χ2n) is 9.35. The lowest BCUT2D eigenvalue weighted by Gasteiger charge is -2.43. The van der Waals surface area contributed by atoms with Crippen LogP contribution in [0.15, 0.2) is 54.6 Å². The van der Waals surface area contributed by atoms with Crippen LogP contribution in [-0.2, 0) is 9.59 Å². The van der Waals surface area contributed by atoms with Gasteiger partial charge in [-0.2, -0.15) is 0 Å². The number of rotatable bonds is 7. The molecule has 0 radical (unpaired) electrons. The Morgan fingerprint density at radius 1 is 0.973 bits per heavy atom. The molecule has 0 unspecified atom stereocenters. The fourth-order valence-corrected chi connectivity index (χ4v) is 5.11. The number of ether oxygens (including phenoxy) is 1. The van der Waals surface area contributed by atoms with Crippen molar-refractivity contribution in [1.29, 1.82) is 0 Å². The number of nitrogens with two attached hydrogens (primary N) is 1. The van der Waals surface area contributed by atoms with Gasteiger partial charge >= 0.3 is 6.09 Å². The Labute approximate surface area is 214 Å². The SMILES string of the molecule is NC(=O)[C@@H](NC(=O)[C@@H]1CCCC[C@H]1N1CCN(C(=O)Oc2ccc([N+](=O)[O-])cc2)CC1)c1ccccc1. The molecular formula is C26H31N5O6. The zero-order valence-electron chi connectivity index (χ0n) is 20.5. The van der Waals surface area contributed by atoms with E-state index < -0.39 is 23.0 Å². The van der Waals surface area contributed by atoms with Crippen LogP contribution in [0.4, 0.5) is 10.5 Å². The Morgan fingerprint density at radius 2 is 1.62 bits per heavy atom. The van der Waals surface area contributed by atoms with Crippen molar-refractivity contribution in [3.05, 3.63) is 70.3 Å². The van der Waals surface area contributed by atoms with Gasteiger partial charge in [-0.05, 0) is 30.5 Å². The van der Waals surface area contributed by atoms with Crippen LogP contribution in [0.5, 0.6) is 5.75 Å². The number of carbonyl (C=O) groups is 3. The minimum absolute atomic E-state index is 0.00546. The summed E-state index contributed by atoms with van der Waals surface area (Å²) in [5.41, 5.74) is 6.17. The van der Waals surface area contributed by atoms with Crippen LogP contribution >= 0.6 is 0 Å². The monoisotopic (exact) mass is 509 g/mol. The van der Waals surface area contributed by atoms with Gasteiger partial charge in [-0.25, -0.2) is 4.79 Å². The highest BCUT2D eigenvalue weighted by Gasteiger charge is 2.38. The first-order valence-electron chi connectivity index (χ1n) is 12.4. The smallest absolute Gasteiger partial charge is 0.410 e. The van der Waals surface area contributed by atoms with Crippen molar-refractivity contribution in [3.63, 3.8) is 0 Å². The molecule has 0 spiro atoms. The Balaban J connectivity index is 1.34. The minimum atomic E-state index is -0.887. The summed E-state index contributed by atoms with van der Waals surface area (Å²) in [5.74, 6) is -0.827. The van der Waals surface area contributed by atoms with Gasteiger partial charge in [-0.1, -0.05) is 43.2 Å². The second-order valence-corrected chi connectivity index (χ2v) is 9.35. The van der Waals surface area contributed by atoms with Crippen LogP contribution in [0.2, 0.25) is 0 Å². The van der Waals surface area contributed by atoms with E-state index in [9.17, 15) is 24.5 Å². The molecule has 196 valence electrons. The topological polar surface area (TPSA) is 148 Å². The highest BCUT2D eigenvalue weighted by atomic mass is 16.6.